The number of hydrogen-bond donors (Lipinski definition) is 0. The monoisotopic (exact) mass is 365 g/mol. The Balaban J connectivity index is 1.40. The van der Waals surface area contributed by atoms with Crippen LogP contribution in [0.1, 0.15) is 23.8 Å². The number of likely N-dealkylation sites (tertiary alicyclic amines) is 1. The lowest BCUT2D eigenvalue weighted by Gasteiger charge is -2.31. The summed E-state index contributed by atoms with van der Waals surface area (Å²) < 4.78 is 8.34. The van der Waals surface area contributed by atoms with Crippen molar-refractivity contribution in [3.8, 4) is 0 Å². The van der Waals surface area contributed by atoms with Crippen LogP contribution in [0.2, 0.25) is 0 Å². The first-order valence-electron chi connectivity index (χ1n) is 8.94. The van der Waals surface area contributed by atoms with E-state index in [1.807, 2.05) is 30.3 Å². The molecule has 2 aromatic heterocycles. The number of oxazole rings is 1. The summed E-state index contributed by atoms with van der Waals surface area (Å²) in [6.45, 7) is 2.48. The average Bonchev–Trinajstić information content (AvgIpc) is 3.24. The van der Waals surface area contributed by atoms with Gasteiger partial charge in [0.1, 0.15) is 0 Å². The zero-order valence-corrected chi connectivity index (χ0v) is 15.1. The second-order valence-corrected chi connectivity index (χ2v) is 7.90. The molecule has 4 aromatic rings. The van der Waals surface area contributed by atoms with Gasteiger partial charge in [-0.05, 0) is 43.7 Å². The quantitative estimate of drug-likeness (QED) is 0.550. The number of rotatable bonds is 3. The van der Waals surface area contributed by atoms with Gasteiger partial charge in [-0.25, -0.2) is 9.78 Å². The number of para-hydroxylation sites is 3. The van der Waals surface area contributed by atoms with Crippen LogP contribution in [0.25, 0.3) is 21.3 Å². The Labute approximate surface area is 154 Å². The van der Waals surface area contributed by atoms with Gasteiger partial charge in [-0.1, -0.05) is 24.3 Å². The maximum Gasteiger partial charge on any atom is 0.421 e. The summed E-state index contributed by atoms with van der Waals surface area (Å²) in [4.78, 5) is 19.4. The van der Waals surface area contributed by atoms with Crippen molar-refractivity contribution < 1.29 is 4.42 Å². The molecule has 0 spiro atoms. The van der Waals surface area contributed by atoms with E-state index in [2.05, 4.69) is 23.1 Å². The van der Waals surface area contributed by atoms with Gasteiger partial charge in [-0.2, -0.15) is 0 Å². The third kappa shape index (κ3) is 2.75. The number of hydrogen-bond acceptors (Lipinski definition) is 5. The first-order valence-corrected chi connectivity index (χ1v) is 9.76. The summed E-state index contributed by atoms with van der Waals surface area (Å²) >= 11 is 1.79. The van der Waals surface area contributed by atoms with E-state index in [9.17, 15) is 4.79 Å². The average molecular weight is 365 g/mol. The fourth-order valence-electron chi connectivity index (χ4n) is 3.80. The Bertz CT molecular complexity index is 1090. The maximum atomic E-state index is 12.2. The third-order valence-electron chi connectivity index (χ3n) is 5.08. The number of aromatic nitrogens is 2. The predicted octanol–water partition coefficient (Wildman–Crippen LogP) is 4.04. The summed E-state index contributed by atoms with van der Waals surface area (Å²) in [5.41, 5.74) is 2.60. The molecule has 5 rings (SSSR count). The molecule has 1 atom stereocenters. The van der Waals surface area contributed by atoms with Gasteiger partial charge >= 0.3 is 5.76 Å². The smallest absolute Gasteiger partial charge is 0.408 e. The van der Waals surface area contributed by atoms with Gasteiger partial charge in [0, 0.05) is 12.5 Å². The normalized spacial score (nSPS) is 18.7. The molecule has 26 heavy (non-hydrogen) atoms. The van der Waals surface area contributed by atoms with E-state index in [1.54, 1.807) is 15.9 Å². The van der Waals surface area contributed by atoms with Crippen LogP contribution in [0, 0.1) is 0 Å². The minimum Gasteiger partial charge on any atom is -0.408 e. The van der Waals surface area contributed by atoms with Crippen molar-refractivity contribution in [2.75, 3.05) is 13.1 Å². The number of thiazole rings is 1. The molecule has 0 unspecified atom stereocenters. The van der Waals surface area contributed by atoms with Gasteiger partial charge in [-0.15, -0.1) is 11.3 Å². The van der Waals surface area contributed by atoms with Crippen LogP contribution in [0.5, 0.6) is 0 Å². The summed E-state index contributed by atoms with van der Waals surface area (Å²) in [6.07, 6.45) is 2.27. The fraction of sp³-hybridized carbons (Fsp3) is 0.300. The van der Waals surface area contributed by atoms with Gasteiger partial charge in [0.25, 0.3) is 0 Å². The van der Waals surface area contributed by atoms with Crippen molar-refractivity contribution in [1.29, 1.82) is 0 Å². The molecule has 1 saturated heterocycles. The van der Waals surface area contributed by atoms with E-state index in [-0.39, 0.29) is 5.76 Å². The van der Waals surface area contributed by atoms with Crippen molar-refractivity contribution in [2.45, 2.75) is 25.4 Å². The lowest BCUT2D eigenvalue weighted by Crippen LogP contribution is -2.37. The van der Waals surface area contributed by atoms with Gasteiger partial charge in [-0.3, -0.25) is 9.47 Å². The van der Waals surface area contributed by atoms with Gasteiger partial charge in [0.15, 0.2) is 5.58 Å². The van der Waals surface area contributed by atoms with E-state index in [0.29, 0.717) is 18.2 Å². The van der Waals surface area contributed by atoms with Crippen molar-refractivity contribution in [2.24, 2.45) is 0 Å². The van der Waals surface area contributed by atoms with Crippen LogP contribution >= 0.6 is 11.3 Å². The van der Waals surface area contributed by atoms with Crippen LogP contribution in [0.3, 0.4) is 0 Å². The third-order valence-corrected chi connectivity index (χ3v) is 6.28. The molecule has 0 aliphatic carbocycles. The molecular formula is C20H19N3O2S. The zero-order chi connectivity index (χ0) is 17.5. The molecule has 3 heterocycles. The first kappa shape index (κ1) is 15.8. The van der Waals surface area contributed by atoms with Crippen LogP contribution in [0.4, 0.5) is 0 Å². The standard InChI is InChI=1S/C20H19N3O2S/c24-20-23(16-8-2-3-9-17(16)25-20)13-22-11-5-6-14(12-22)19-21-15-7-1-4-10-18(15)26-19/h1-4,7-10,14H,5-6,11-13H2/t14-/m1/s1. The predicted molar refractivity (Wildman–Crippen MR) is 104 cm³/mol. The lowest BCUT2D eigenvalue weighted by molar-refractivity contribution is 0.163. The summed E-state index contributed by atoms with van der Waals surface area (Å²) in [6, 6.07) is 15.9. The molecule has 1 fully saturated rings. The Kier molecular flexibility index (Phi) is 3.87. The Morgan fingerprint density at radius 2 is 2.00 bits per heavy atom. The van der Waals surface area contributed by atoms with E-state index >= 15 is 0 Å². The largest absolute Gasteiger partial charge is 0.421 e. The Hall–Kier alpha value is -2.44. The molecular weight excluding hydrogens is 346 g/mol. The summed E-state index contributed by atoms with van der Waals surface area (Å²) in [7, 11) is 0. The molecule has 6 heteroatoms. The fourth-order valence-corrected chi connectivity index (χ4v) is 4.89. The van der Waals surface area contributed by atoms with Crippen LogP contribution in [-0.2, 0) is 6.67 Å². The molecule has 0 amide bonds. The number of piperidine rings is 1. The zero-order valence-electron chi connectivity index (χ0n) is 14.3. The van der Waals surface area contributed by atoms with Crippen molar-refractivity contribution in [3.05, 3.63) is 64.1 Å². The molecule has 0 radical (unpaired) electrons. The van der Waals surface area contributed by atoms with E-state index in [4.69, 9.17) is 9.40 Å². The van der Waals surface area contributed by atoms with Crippen LogP contribution < -0.4 is 5.76 Å². The second-order valence-electron chi connectivity index (χ2n) is 6.84. The minimum atomic E-state index is -0.284. The van der Waals surface area contributed by atoms with Gasteiger partial charge < -0.3 is 4.42 Å². The van der Waals surface area contributed by atoms with E-state index < -0.39 is 0 Å². The van der Waals surface area contributed by atoms with E-state index in [0.717, 1.165) is 37.0 Å². The molecule has 2 aromatic carbocycles. The molecule has 132 valence electrons. The topological polar surface area (TPSA) is 51.3 Å². The minimum absolute atomic E-state index is 0.284. The van der Waals surface area contributed by atoms with Crippen LogP contribution in [0.15, 0.2) is 57.7 Å². The highest BCUT2D eigenvalue weighted by molar-refractivity contribution is 7.18. The lowest BCUT2D eigenvalue weighted by atomic mass is 9.99. The first-order chi connectivity index (χ1) is 12.8. The summed E-state index contributed by atoms with van der Waals surface area (Å²) in [5.74, 6) is 0.142. The molecule has 0 N–H and O–H groups in total. The summed E-state index contributed by atoms with van der Waals surface area (Å²) in [5, 5.41) is 1.21. The van der Waals surface area contributed by atoms with Crippen molar-refractivity contribution >= 4 is 32.7 Å². The van der Waals surface area contributed by atoms with Gasteiger partial charge in [0.05, 0.1) is 27.4 Å². The highest BCUT2D eigenvalue weighted by atomic mass is 32.1. The highest BCUT2D eigenvalue weighted by Gasteiger charge is 2.25. The van der Waals surface area contributed by atoms with Crippen LogP contribution in [-0.4, -0.2) is 27.5 Å². The SMILES string of the molecule is O=c1oc2ccccc2n1CN1CCC[C@@H](c2nc3ccccc3s2)C1. The molecule has 1 aliphatic heterocycles. The molecule has 1 aliphatic rings. The number of nitrogens with zero attached hydrogens (tertiary/aromatic N) is 3. The maximum absolute atomic E-state index is 12.2. The van der Waals surface area contributed by atoms with E-state index in [1.165, 1.54) is 9.71 Å². The Morgan fingerprint density at radius 1 is 1.15 bits per heavy atom. The Morgan fingerprint density at radius 3 is 2.92 bits per heavy atom. The molecule has 0 saturated carbocycles. The highest BCUT2D eigenvalue weighted by Crippen LogP contribution is 2.33. The van der Waals surface area contributed by atoms with Gasteiger partial charge in [0.2, 0.25) is 0 Å². The van der Waals surface area contributed by atoms with Crippen molar-refractivity contribution in [1.82, 2.24) is 14.5 Å². The van der Waals surface area contributed by atoms with Crippen molar-refractivity contribution in [3.63, 3.8) is 0 Å². The number of fused-ring (bicyclic) bond motifs is 2. The number of benzene rings is 2. The molecule has 5 nitrogen and oxygen atoms in total. The molecule has 0 bridgehead atoms. The second kappa shape index (κ2) is 6.37.